The van der Waals surface area contributed by atoms with E-state index in [-0.39, 0.29) is 0 Å². The second kappa shape index (κ2) is 4.21. The number of hydrogen-bond acceptors (Lipinski definition) is 2. The normalized spacial score (nSPS) is 25.4. The molecule has 0 saturated carbocycles. The van der Waals surface area contributed by atoms with Crippen molar-refractivity contribution in [1.29, 1.82) is 0 Å². The molecule has 0 amide bonds. The van der Waals surface area contributed by atoms with Crippen LogP contribution in [-0.2, 0) is 17.6 Å². The average Bonchev–Trinajstić information content (AvgIpc) is 2.66. The first-order valence-electron chi connectivity index (χ1n) is 6.50. The summed E-state index contributed by atoms with van der Waals surface area (Å²) in [7, 11) is 0. The van der Waals surface area contributed by atoms with E-state index in [1.165, 1.54) is 55.7 Å². The molecule has 88 valence electrons. The first-order chi connectivity index (χ1) is 7.86. The highest BCUT2D eigenvalue weighted by Gasteiger charge is 2.24. The lowest BCUT2D eigenvalue weighted by atomic mass is 10.00. The molecule has 0 bridgehead atoms. The van der Waals surface area contributed by atoms with Crippen molar-refractivity contribution < 1.29 is 4.74 Å². The molecule has 1 aromatic heterocycles. The Bertz CT molecular complexity index is 378. The Morgan fingerprint density at radius 1 is 1.25 bits per heavy atom. The number of nitrogens with zero attached hydrogens (tertiary/aromatic N) is 2. The van der Waals surface area contributed by atoms with Gasteiger partial charge in [-0.25, -0.2) is 4.98 Å². The molecule has 0 spiro atoms. The summed E-state index contributed by atoms with van der Waals surface area (Å²) in [6, 6.07) is 0.545. The summed E-state index contributed by atoms with van der Waals surface area (Å²) in [5.74, 6) is 1.20. The van der Waals surface area contributed by atoms with Gasteiger partial charge in [0.2, 0.25) is 0 Å². The van der Waals surface area contributed by atoms with E-state index in [0.29, 0.717) is 6.04 Å². The standard InChI is InChI=1S/C13H20N2O/c1-10-14-12-6-2-3-7-13(12)15(10)11-5-4-8-16-9-11/h11H,2-9H2,1H3. The lowest BCUT2D eigenvalue weighted by Gasteiger charge is -2.27. The predicted molar refractivity (Wildman–Crippen MR) is 62.7 cm³/mol. The summed E-state index contributed by atoms with van der Waals surface area (Å²) >= 11 is 0. The number of fused-ring (bicyclic) bond motifs is 1. The lowest BCUT2D eigenvalue weighted by Crippen LogP contribution is -2.24. The topological polar surface area (TPSA) is 27.1 Å². The van der Waals surface area contributed by atoms with Crippen LogP contribution in [0.2, 0.25) is 0 Å². The summed E-state index contributed by atoms with van der Waals surface area (Å²) in [4.78, 5) is 4.73. The maximum atomic E-state index is 5.60. The fourth-order valence-electron chi connectivity index (χ4n) is 3.11. The number of hydrogen-bond donors (Lipinski definition) is 0. The van der Waals surface area contributed by atoms with E-state index in [2.05, 4.69) is 11.5 Å². The summed E-state index contributed by atoms with van der Waals surface area (Å²) in [6.07, 6.45) is 7.47. The van der Waals surface area contributed by atoms with Gasteiger partial charge in [-0.2, -0.15) is 0 Å². The van der Waals surface area contributed by atoms with Crippen LogP contribution in [0.1, 0.15) is 48.9 Å². The number of aryl methyl sites for hydroxylation is 2. The van der Waals surface area contributed by atoms with Gasteiger partial charge >= 0.3 is 0 Å². The second-order valence-corrected chi connectivity index (χ2v) is 5.00. The van der Waals surface area contributed by atoms with Crippen LogP contribution in [0.25, 0.3) is 0 Å². The summed E-state index contributed by atoms with van der Waals surface area (Å²) < 4.78 is 8.07. The summed E-state index contributed by atoms with van der Waals surface area (Å²) in [5, 5.41) is 0. The Hall–Kier alpha value is -0.830. The molecule has 2 heterocycles. The van der Waals surface area contributed by atoms with E-state index < -0.39 is 0 Å². The predicted octanol–water partition coefficient (Wildman–Crippen LogP) is 2.42. The fourth-order valence-corrected chi connectivity index (χ4v) is 3.11. The second-order valence-electron chi connectivity index (χ2n) is 5.00. The first-order valence-corrected chi connectivity index (χ1v) is 6.50. The van der Waals surface area contributed by atoms with Crippen molar-refractivity contribution in [3.05, 3.63) is 17.2 Å². The Labute approximate surface area is 96.8 Å². The molecular weight excluding hydrogens is 200 g/mol. The average molecular weight is 220 g/mol. The molecule has 1 aliphatic carbocycles. The van der Waals surface area contributed by atoms with E-state index in [1.807, 2.05) is 0 Å². The van der Waals surface area contributed by atoms with E-state index in [9.17, 15) is 0 Å². The van der Waals surface area contributed by atoms with Crippen LogP contribution in [0.5, 0.6) is 0 Å². The number of rotatable bonds is 1. The Balaban J connectivity index is 1.95. The van der Waals surface area contributed by atoms with E-state index in [1.54, 1.807) is 0 Å². The van der Waals surface area contributed by atoms with Crippen molar-refractivity contribution in [1.82, 2.24) is 9.55 Å². The van der Waals surface area contributed by atoms with Crippen molar-refractivity contribution in [2.75, 3.05) is 13.2 Å². The third kappa shape index (κ3) is 1.67. The van der Waals surface area contributed by atoms with Gasteiger partial charge in [-0.3, -0.25) is 0 Å². The largest absolute Gasteiger partial charge is 0.379 e. The van der Waals surface area contributed by atoms with Crippen molar-refractivity contribution in [2.24, 2.45) is 0 Å². The molecule has 1 fully saturated rings. The minimum Gasteiger partial charge on any atom is -0.379 e. The molecule has 0 aromatic carbocycles. The van der Waals surface area contributed by atoms with Crippen molar-refractivity contribution >= 4 is 0 Å². The molecule has 1 aromatic rings. The minimum atomic E-state index is 0.545. The first kappa shape index (κ1) is 10.3. The highest BCUT2D eigenvalue weighted by Crippen LogP contribution is 2.29. The molecule has 0 N–H and O–H groups in total. The molecule has 16 heavy (non-hydrogen) atoms. The lowest BCUT2D eigenvalue weighted by molar-refractivity contribution is 0.0574. The summed E-state index contributed by atoms with van der Waals surface area (Å²) in [5.41, 5.74) is 2.86. The molecule has 3 heteroatoms. The van der Waals surface area contributed by atoms with Crippen LogP contribution in [0.15, 0.2) is 0 Å². The number of ether oxygens (including phenoxy) is 1. The van der Waals surface area contributed by atoms with Gasteiger partial charge in [0.15, 0.2) is 0 Å². The highest BCUT2D eigenvalue weighted by molar-refractivity contribution is 5.21. The van der Waals surface area contributed by atoms with E-state index in [4.69, 9.17) is 9.72 Å². The number of imidazole rings is 1. The van der Waals surface area contributed by atoms with Crippen LogP contribution in [0.3, 0.4) is 0 Å². The van der Waals surface area contributed by atoms with Gasteiger partial charge in [0.1, 0.15) is 5.82 Å². The smallest absolute Gasteiger partial charge is 0.106 e. The number of aromatic nitrogens is 2. The molecule has 1 atom stereocenters. The third-order valence-corrected chi connectivity index (χ3v) is 3.85. The van der Waals surface area contributed by atoms with Gasteiger partial charge in [-0.15, -0.1) is 0 Å². The monoisotopic (exact) mass is 220 g/mol. The quantitative estimate of drug-likeness (QED) is 0.726. The zero-order valence-electron chi connectivity index (χ0n) is 10.0. The Kier molecular flexibility index (Phi) is 2.72. The van der Waals surface area contributed by atoms with Gasteiger partial charge in [0.25, 0.3) is 0 Å². The van der Waals surface area contributed by atoms with Gasteiger partial charge in [0.05, 0.1) is 18.3 Å². The molecule has 1 saturated heterocycles. The van der Waals surface area contributed by atoms with Crippen molar-refractivity contribution in [3.8, 4) is 0 Å². The van der Waals surface area contributed by atoms with Crippen LogP contribution < -0.4 is 0 Å². The Morgan fingerprint density at radius 2 is 2.12 bits per heavy atom. The highest BCUT2D eigenvalue weighted by atomic mass is 16.5. The molecule has 3 nitrogen and oxygen atoms in total. The maximum Gasteiger partial charge on any atom is 0.106 e. The van der Waals surface area contributed by atoms with Crippen LogP contribution >= 0.6 is 0 Å². The summed E-state index contributed by atoms with van der Waals surface area (Å²) in [6.45, 7) is 3.96. The molecular formula is C13H20N2O. The zero-order chi connectivity index (χ0) is 11.0. The van der Waals surface area contributed by atoms with Crippen LogP contribution in [-0.4, -0.2) is 22.8 Å². The SMILES string of the molecule is Cc1nc2c(n1C1CCCOC1)CCCC2. The maximum absolute atomic E-state index is 5.60. The van der Waals surface area contributed by atoms with Gasteiger partial charge < -0.3 is 9.30 Å². The fraction of sp³-hybridized carbons (Fsp3) is 0.769. The molecule has 1 aliphatic heterocycles. The van der Waals surface area contributed by atoms with Crippen LogP contribution in [0.4, 0.5) is 0 Å². The van der Waals surface area contributed by atoms with E-state index >= 15 is 0 Å². The van der Waals surface area contributed by atoms with Gasteiger partial charge in [-0.05, 0) is 45.4 Å². The van der Waals surface area contributed by atoms with Crippen molar-refractivity contribution in [3.63, 3.8) is 0 Å². The van der Waals surface area contributed by atoms with Crippen molar-refractivity contribution in [2.45, 2.75) is 51.5 Å². The molecule has 0 radical (unpaired) electrons. The molecule has 1 unspecified atom stereocenters. The van der Waals surface area contributed by atoms with Gasteiger partial charge in [-0.1, -0.05) is 0 Å². The molecule has 3 rings (SSSR count). The zero-order valence-corrected chi connectivity index (χ0v) is 10.0. The van der Waals surface area contributed by atoms with Crippen LogP contribution in [0, 0.1) is 6.92 Å². The van der Waals surface area contributed by atoms with E-state index in [0.717, 1.165) is 13.2 Å². The Morgan fingerprint density at radius 3 is 2.94 bits per heavy atom. The minimum absolute atomic E-state index is 0.545. The van der Waals surface area contributed by atoms with Gasteiger partial charge in [0, 0.05) is 12.3 Å². The molecule has 2 aliphatic rings. The third-order valence-electron chi connectivity index (χ3n) is 3.85.